The van der Waals surface area contributed by atoms with Crippen LogP contribution >= 0.6 is 0 Å². The SMILES string of the molecule is COCCN(CCOC)CC(N)c1ccc(OC)cc1. The van der Waals surface area contributed by atoms with Crippen molar-refractivity contribution in [3.63, 3.8) is 0 Å². The summed E-state index contributed by atoms with van der Waals surface area (Å²) >= 11 is 0. The first-order valence-corrected chi connectivity index (χ1v) is 6.81. The Balaban J connectivity index is 2.55. The standard InChI is InChI=1S/C15H26N2O3/c1-18-10-8-17(9-11-19-2)12-15(16)13-4-6-14(20-3)7-5-13/h4-7,15H,8-12,16H2,1-3H3. The molecule has 0 amide bonds. The van der Waals surface area contributed by atoms with Crippen LogP contribution in [0.5, 0.6) is 5.75 Å². The summed E-state index contributed by atoms with van der Waals surface area (Å²) in [7, 11) is 5.07. The van der Waals surface area contributed by atoms with Crippen LogP contribution in [-0.4, -0.2) is 59.1 Å². The van der Waals surface area contributed by atoms with Crippen LogP contribution < -0.4 is 10.5 Å². The third-order valence-corrected chi connectivity index (χ3v) is 3.22. The molecule has 20 heavy (non-hydrogen) atoms. The minimum atomic E-state index is -0.0328. The van der Waals surface area contributed by atoms with Gasteiger partial charge in [-0.05, 0) is 17.7 Å². The van der Waals surface area contributed by atoms with E-state index in [1.165, 1.54) is 0 Å². The Morgan fingerprint density at radius 3 is 2.00 bits per heavy atom. The van der Waals surface area contributed by atoms with E-state index in [0.717, 1.165) is 30.9 Å². The highest BCUT2D eigenvalue weighted by molar-refractivity contribution is 5.29. The molecule has 1 atom stereocenters. The first-order valence-electron chi connectivity index (χ1n) is 6.81. The smallest absolute Gasteiger partial charge is 0.118 e. The zero-order valence-corrected chi connectivity index (χ0v) is 12.7. The van der Waals surface area contributed by atoms with Gasteiger partial charge in [0.25, 0.3) is 0 Å². The van der Waals surface area contributed by atoms with Crippen molar-refractivity contribution in [1.29, 1.82) is 0 Å². The fraction of sp³-hybridized carbons (Fsp3) is 0.600. The molecule has 0 aliphatic carbocycles. The monoisotopic (exact) mass is 282 g/mol. The largest absolute Gasteiger partial charge is 0.497 e. The molecule has 0 saturated heterocycles. The van der Waals surface area contributed by atoms with Crippen molar-refractivity contribution in [1.82, 2.24) is 4.90 Å². The highest BCUT2D eigenvalue weighted by Crippen LogP contribution is 2.16. The van der Waals surface area contributed by atoms with E-state index < -0.39 is 0 Å². The van der Waals surface area contributed by atoms with Gasteiger partial charge in [0.1, 0.15) is 5.75 Å². The van der Waals surface area contributed by atoms with Crippen molar-refractivity contribution in [3.05, 3.63) is 29.8 Å². The molecule has 0 heterocycles. The molecule has 1 aromatic carbocycles. The van der Waals surface area contributed by atoms with Gasteiger partial charge >= 0.3 is 0 Å². The molecule has 0 aromatic heterocycles. The number of methoxy groups -OCH3 is 3. The maximum atomic E-state index is 6.27. The zero-order chi connectivity index (χ0) is 14.8. The number of nitrogens with two attached hydrogens (primary N) is 1. The topological polar surface area (TPSA) is 57.0 Å². The van der Waals surface area contributed by atoms with Gasteiger partial charge < -0.3 is 19.9 Å². The highest BCUT2D eigenvalue weighted by atomic mass is 16.5. The second-order valence-electron chi connectivity index (χ2n) is 4.67. The van der Waals surface area contributed by atoms with E-state index in [1.54, 1.807) is 21.3 Å². The summed E-state index contributed by atoms with van der Waals surface area (Å²) in [4.78, 5) is 2.25. The van der Waals surface area contributed by atoms with Crippen LogP contribution in [0.25, 0.3) is 0 Å². The summed E-state index contributed by atoms with van der Waals surface area (Å²) in [5.74, 6) is 0.844. The van der Waals surface area contributed by atoms with Crippen molar-refractivity contribution in [2.45, 2.75) is 6.04 Å². The van der Waals surface area contributed by atoms with Gasteiger partial charge in [0.2, 0.25) is 0 Å². The van der Waals surface area contributed by atoms with Crippen LogP contribution in [0.3, 0.4) is 0 Å². The number of hydrogen-bond acceptors (Lipinski definition) is 5. The van der Waals surface area contributed by atoms with Gasteiger partial charge in [-0.15, -0.1) is 0 Å². The van der Waals surface area contributed by atoms with Crippen molar-refractivity contribution >= 4 is 0 Å². The molecule has 5 heteroatoms. The first kappa shape index (κ1) is 16.9. The number of ether oxygens (including phenoxy) is 3. The quantitative estimate of drug-likeness (QED) is 0.701. The van der Waals surface area contributed by atoms with Crippen LogP contribution in [0.15, 0.2) is 24.3 Å². The summed E-state index contributed by atoms with van der Waals surface area (Å²) in [5.41, 5.74) is 7.37. The molecule has 1 unspecified atom stereocenters. The number of nitrogens with zero attached hydrogens (tertiary/aromatic N) is 1. The molecule has 1 rings (SSSR count). The lowest BCUT2D eigenvalue weighted by atomic mass is 10.1. The Bertz CT molecular complexity index is 349. The number of rotatable bonds is 10. The summed E-state index contributed by atoms with van der Waals surface area (Å²) < 4.78 is 15.4. The Morgan fingerprint density at radius 1 is 1.00 bits per heavy atom. The van der Waals surface area contributed by atoms with Crippen LogP contribution in [0.4, 0.5) is 0 Å². The molecular formula is C15H26N2O3. The molecule has 0 fully saturated rings. The minimum Gasteiger partial charge on any atom is -0.497 e. The van der Waals surface area contributed by atoms with Gasteiger partial charge in [-0.3, -0.25) is 4.90 Å². The van der Waals surface area contributed by atoms with Gasteiger partial charge in [0.05, 0.1) is 20.3 Å². The van der Waals surface area contributed by atoms with Gasteiger partial charge in [-0.2, -0.15) is 0 Å². The Kier molecular flexibility index (Phi) is 8.22. The molecule has 5 nitrogen and oxygen atoms in total. The second-order valence-corrected chi connectivity index (χ2v) is 4.67. The van der Waals surface area contributed by atoms with Crippen molar-refractivity contribution < 1.29 is 14.2 Å². The fourth-order valence-electron chi connectivity index (χ4n) is 1.97. The lowest BCUT2D eigenvalue weighted by Gasteiger charge is -2.25. The molecule has 114 valence electrons. The normalized spacial score (nSPS) is 12.7. The van der Waals surface area contributed by atoms with E-state index in [0.29, 0.717) is 13.2 Å². The van der Waals surface area contributed by atoms with Gasteiger partial charge in [0.15, 0.2) is 0 Å². The molecule has 2 N–H and O–H groups in total. The van der Waals surface area contributed by atoms with E-state index in [4.69, 9.17) is 19.9 Å². The van der Waals surface area contributed by atoms with Crippen molar-refractivity contribution in [3.8, 4) is 5.75 Å². The lowest BCUT2D eigenvalue weighted by molar-refractivity contribution is 0.110. The molecule has 0 spiro atoms. The van der Waals surface area contributed by atoms with E-state index >= 15 is 0 Å². The third kappa shape index (κ3) is 5.88. The maximum absolute atomic E-state index is 6.27. The first-order chi connectivity index (χ1) is 9.71. The number of hydrogen-bond donors (Lipinski definition) is 1. The van der Waals surface area contributed by atoms with E-state index in [1.807, 2.05) is 24.3 Å². The van der Waals surface area contributed by atoms with Crippen LogP contribution in [0.2, 0.25) is 0 Å². The predicted molar refractivity (Wildman–Crippen MR) is 80.1 cm³/mol. The molecule has 0 saturated carbocycles. The molecule has 0 radical (unpaired) electrons. The highest BCUT2D eigenvalue weighted by Gasteiger charge is 2.12. The van der Waals surface area contributed by atoms with E-state index in [-0.39, 0.29) is 6.04 Å². The summed E-state index contributed by atoms with van der Waals surface area (Å²) in [6.45, 7) is 3.87. The zero-order valence-electron chi connectivity index (χ0n) is 12.7. The lowest BCUT2D eigenvalue weighted by Crippen LogP contribution is -2.36. The molecule has 1 aromatic rings. The fourth-order valence-corrected chi connectivity index (χ4v) is 1.97. The summed E-state index contributed by atoms with van der Waals surface area (Å²) in [6.07, 6.45) is 0. The van der Waals surface area contributed by atoms with E-state index in [9.17, 15) is 0 Å². The van der Waals surface area contributed by atoms with Gasteiger partial charge in [-0.25, -0.2) is 0 Å². The molecule has 0 bridgehead atoms. The van der Waals surface area contributed by atoms with Crippen molar-refractivity contribution in [2.24, 2.45) is 5.73 Å². The summed E-state index contributed by atoms with van der Waals surface area (Å²) in [6, 6.07) is 7.85. The molecule has 0 aliphatic rings. The average Bonchev–Trinajstić information content (AvgIpc) is 2.49. The average molecular weight is 282 g/mol. The van der Waals surface area contributed by atoms with Gasteiger partial charge in [-0.1, -0.05) is 12.1 Å². The molecule has 0 aliphatic heterocycles. The van der Waals surface area contributed by atoms with Crippen molar-refractivity contribution in [2.75, 3.05) is 54.2 Å². The molecular weight excluding hydrogens is 256 g/mol. The second kappa shape index (κ2) is 9.72. The van der Waals surface area contributed by atoms with Crippen LogP contribution in [-0.2, 0) is 9.47 Å². The third-order valence-electron chi connectivity index (χ3n) is 3.22. The maximum Gasteiger partial charge on any atom is 0.118 e. The van der Waals surface area contributed by atoms with Crippen LogP contribution in [0, 0.1) is 0 Å². The van der Waals surface area contributed by atoms with E-state index in [2.05, 4.69) is 4.90 Å². The van der Waals surface area contributed by atoms with Gasteiger partial charge in [0, 0.05) is 39.9 Å². The predicted octanol–water partition coefficient (Wildman–Crippen LogP) is 1.29. The Hall–Kier alpha value is -1.14. The van der Waals surface area contributed by atoms with Crippen LogP contribution in [0.1, 0.15) is 11.6 Å². The minimum absolute atomic E-state index is 0.0328. The Morgan fingerprint density at radius 2 is 1.55 bits per heavy atom. The summed E-state index contributed by atoms with van der Waals surface area (Å²) in [5, 5.41) is 0. The number of benzene rings is 1. The Labute approximate surface area is 121 Å².